The molecule has 0 unspecified atom stereocenters. The number of carbonyl (C=O) groups excluding carboxylic acids is 1. The summed E-state index contributed by atoms with van der Waals surface area (Å²) in [4.78, 5) is 26.1. The Morgan fingerprint density at radius 3 is 2.43 bits per heavy atom. The van der Waals surface area contributed by atoms with Gasteiger partial charge in [0, 0.05) is 44.9 Å². The van der Waals surface area contributed by atoms with E-state index >= 15 is 0 Å². The zero-order chi connectivity index (χ0) is 19.6. The molecule has 0 radical (unpaired) electrons. The minimum absolute atomic E-state index is 0. The topological polar surface area (TPSA) is 109 Å². The van der Waals surface area contributed by atoms with Gasteiger partial charge in [-0.2, -0.15) is 0 Å². The number of hydrogen-bond acceptors (Lipinski definition) is 4. The Kier molecular flexibility index (Phi) is 9.93. The monoisotopic (exact) mass is 497 g/mol. The van der Waals surface area contributed by atoms with Gasteiger partial charge in [0.1, 0.15) is 0 Å². The molecule has 0 spiro atoms. The molecule has 0 atom stereocenters. The standard InChI is InChI=1S/C19H23N5O3.HI/c1-20-18(25)16-5-3-4-14(12-16)10-11-22-19(21-2)23-13-15-6-8-17(9-7-15)24(26)27;/h3-9,12H,10-11,13H2,1-2H3,(H,20,25)(H2,21,22,23);1H. The molecule has 1 amide bonds. The Morgan fingerprint density at radius 1 is 1.11 bits per heavy atom. The summed E-state index contributed by atoms with van der Waals surface area (Å²) in [7, 11) is 3.29. The summed E-state index contributed by atoms with van der Waals surface area (Å²) in [5.74, 6) is 0.529. The number of guanidine groups is 1. The van der Waals surface area contributed by atoms with Gasteiger partial charge in [0.2, 0.25) is 0 Å². The normalized spacial score (nSPS) is 10.6. The van der Waals surface area contributed by atoms with Gasteiger partial charge in [0.15, 0.2) is 5.96 Å². The largest absolute Gasteiger partial charge is 0.356 e. The van der Waals surface area contributed by atoms with E-state index < -0.39 is 4.92 Å². The van der Waals surface area contributed by atoms with E-state index in [-0.39, 0.29) is 35.6 Å². The van der Waals surface area contributed by atoms with Crippen molar-refractivity contribution in [3.05, 3.63) is 75.3 Å². The second-order valence-electron chi connectivity index (χ2n) is 5.81. The number of nitrogens with one attached hydrogen (secondary N) is 3. The van der Waals surface area contributed by atoms with Crippen LogP contribution in [-0.2, 0) is 13.0 Å². The molecule has 0 saturated heterocycles. The van der Waals surface area contributed by atoms with Crippen LogP contribution in [0.4, 0.5) is 5.69 Å². The van der Waals surface area contributed by atoms with Gasteiger partial charge in [-0.1, -0.05) is 24.3 Å². The molecule has 0 aliphatic heterocycles. The average molecular weight is 497 g/mol. The van der Waals surface area contributed by atoms with Crippen molar-refractivity contribution < 1.29 is 9.72 Å². The number of hydrogen-bond donors (Lipinski definition) is 3. The minimum atomic E-state index is -0.420. The number of nitro groups is 1. The molecule has 0 saturated carbocycles. The average Bonchev–Trinajstić information content (AvgIpc) is 2.70. The molecule has 9 heteroatoms. The number of carbonyl (C=O) groups is 1. The Balaban J connectivity index is 0.00000392. The first kappa shape index (κ1) is 23.3. The molecule has 2 aromatic carbocycles. The number of non-ortho nitro benzene ring substituents is 1. The Morgan fingerprint density at radius 2 is 1.82 bits per heavy atom. The van der Waals surface area contributed by atoms with Gasteiger partial charge in [-0.05, 0) is 29.7 Å². The minimum Gasteiger partial charge on any atom is -0.356 e. The highest BCUT2D eigenvalue weighted by Gasteiger charge is 2.06. The van der Waals surface area contributed by atoms with E-state index in [2.05, 4.69) is 20.9 Å². The lowest BCUT2D eigenvalue weighted by Crippen LogP contribution is -2.37. The number of amides is 1. The first-order valence-corrected chi connectivity index (χ1v) is 8.52. The number of nitro benzene ring substituents is 1. The lowest BCUT2D eigenvalue weighted by molar-refractivity contribution is -0.384. The summed E-state index contributed by atoms with van der Waals surface area (Å²) >= 11 is 0. The van der Waals surface area contributed by atoms with Crippen LogP contribution in [0, 0.1) is 10.1 Å². The van der Waals surface area contributed by atoms with E-state index in [0.29, 0.717) is 24.6 Å². The molecule has 150 valence electrons. The Hall–Kier alpha value is -2.69. The maximum Gasteiger partial charge on any atom is 0.269 e. The van der Waals surface area contributed by atoms with Crippen LogP contribution in [0.1, 0.15) is 21.5 Å². The maximum atomic E-state index is 11.7. The second-order valence-corrected chi connectivity index (χ2v) is 5.81. The third kappa shape index (κ3) is 7.14. The summed E-state index contributed by atoms with van der Waals surface area (Å²) in [5, 5.41) is 19.7. The highest BCUT2D eigenvalue weighted by atomic mass is 127. The summed E-state index contributed by atoms with van der Waals surface area (Å²) in [6, 6.07) is 13.9. The second kappa shape index (κ2) is 11.9. The SMILES string of the molecule is CN=C(NCCc1cccc(C(=O)NC)c1)NCc1ccc([N+](=O)[O-])cc1.I. The lowest BCUT2D eigenvalue weighted by atomic mass is 10.1. The quantitative estimate of drug-likeness (QED) is 0.179. The molecule has 0 aliphatic rings. The van der Waals surface area contributed by atoms with Crippen LogP contribution < -0.4 is 16.0 Å². The van der Waals surface area contributed by atoms with Crippen molar-refractivity contribution in [1.29, 1.82) is 0 Å². The molecule has 2 aromatic rings. The van der Waals surface area contributed by atoms with Gasteiger partial charge < -0.3 is 16.0 Å². The number of nitrogens with zero attached hydrogens (tertiary/aromatic N) is 2. The first-order valence-electron chi connectivity index (χ1n) is 8.52. The number of aliphatic imine (C=N–C) groups is 1. The van der Waals surface area contributed by atoms with Crippen molar-refractivity contribution in [2.24, 2.45) is 4.99 Å². The van der Waals surface area contributed by atoms with Crippen molar-refractivity contribution >= 4 is 41.5 Å². The van der Waals surface area contributed by atoms with Gasteiger partial charge in [-0.15, -0.1) is 24.0 Å². The predicted molar refractivity (Wildman–Crippen MR) is 120 cm³/mol. The number of rotatable bonds is 7. The molecule has 8 nitrogen and oxygen atoms in total. The summed E-state index contributed by atoms with van der Waals surface area (Å²) in [5.41, 5.74) is 2.67. The van der Waals surface area contributed by atoms with Crippen LogP contribution in [0.15, 0.2) is 53.5 Å². The highest BCUT2D eigenvalue weighted by Crippen LogP contribution is 2.11. The van der Waals surface area contributed by atoms with Crippen molar-refractivity contribution in [3.8, 4) is 0 Å². The molecule has 0 bridgehead atoms. The van der Waals surface area contributed by atoms with Gasteiger partial charge in [0.05, 0.1) is 4.92 Å². The van der Waals surface area contributed by atoms with Gasteiger partial charge in [0.25, 0.3) is 11.6 Å². The zero-order valence-corrected chi connectivity index (χ0v) is 18.1. The van der Waals surface area contributed by atoms with Crippen LogP contribution in [0.25, 0.3) is 0 Å². The molecule has 0 aliphatic carbocycles. The zero-order valence-electron chi connectivity index (χ0n) is 15.8. The third-order valence-electron chi connectivity index (χ3n) is 3.95. The van der Waals surface area contributed by atoms with Crippen molar-refractivity contribution in [2.45, 2.75) is 13.0 Å². The van der Waals surface area contributed by atoms with Crippen LogP contribution in [0.3, 0.4) is 0 Å². The van der Waals surface area contributed by atoms with Gasteiger partial charge in [-0.3, -0.25) is 19.9 Å². The van der Waals surface area contributed by atoms with Crippen LogP contribution in [0.2, 0.25) is 0 Å². The molecule has 2 rings (SSSR count). The number of halogens is 1. The van der Waals surface area contributed by atoms with Crippen molar-refractivity contribution in [3.63, 3.8) is 0 Å². The molecular weight excluding hydrogens is 473 g/mol. The fourth-order valence-corrected chi connectivity index (χ4v) is 2.48. The fourth-order valence-electron chi connectivity index (χ4n) is 2.48. The van der Waals surface area contributed by atoms with Crippen molar-refractivity contribution in [2.75, 3.05) is 20.6 Å². The highest BCUT2D eigenvalue weighted by molar-refractivity contribution is 14.0. The van der Waals surface area contributed by atoms with Gasteiger partial charge >= 0.3 is 0 Å². The fraction of sp³-hybridized carbons (Fsp3) is 0.263. The lowest BCUT2D eigenvalue weighted by Gasteiger charge is -2.12. The molecule has 0 fully saturated rings. The summed E-state index contributed by atoms with van der Waals surface area (Å²) in [6.07, 6.45) is 0.739. The molecular formula is C19H24IN5O3. The first-order chi connectivity index (χ1) is 13.0. The molecule has 0 heterocycles. The van der Waals surface area contributed by atoms with E-state index in [0.717, 1.165) is 17.5 Å². The third-order valence-corrected chi connectivity index (χ3v) is 3.95. The van der Waals surface area contributed by atoms with E-state index in [1.165, 1.54) is 12.1 Å². The Bertz CT molecular complexity index is 825. The van der Waals surface area contributed by atoms with Gasteiger partial charge in [-0.25, -0.2) is 0 Å². The Labute approximate surface area is 181 Å². The molecule has 28 heavy (non-hydrogen) atoms. The maximum absolute atomic E-state index is 11.7. The van der Waals surface area contributed by atoms with Crippen LogP contribution >= 0.6 is 24.0 Å². The van der Waals surface area contributed by atoms with E-state index in [1.807, 2.05) is 18.2 Å². The van der Waals surface area contributed by atoms with E-state index in [1.54, 1.807) is 32.3 Å². The van der Waals surface area contributed by atoms with Crippen molar-refractivity contribution in [1.82, 2.24) is 16.0 Å². The van der Waals surface area contributed by atoms with Crippen LogP contribution in [-0.4, -0.2) is 37.4 Å². The number of benzene rings is 2. The van der Waals surface area contributed by atoms with E-state index in [9.17, 15) is 14.9 Å². The predicted octanol–water partition coefficient (Wildman–Crippen LogP) is 2.48. The summed E-state index contributed by atoms with van der Waals surface area (Å²) in [6.45, 7) is 1.15. The smallest absolute Gasteiger partial charge is 0.269 e. The summed E-state index contributed by atoms with van der Waals surface area (Å²) < 4.78 is 0. The van der Waals surface area contributed by atoms with Crippen LogP contribution in [0.5, 0.6) is 0 Å². The van der Waals surface area contributed by atoms with E-state index in [4.69, 9.17) is 0 Å². The molecule has 0 aromatic heterocycles. The molecule has 3 N–H and O–H groups in total.